The van der Waals surface area contributed by atoms with E-state index in [2.05, 4.69) is 4.72 Å². The van der Waals surface area contributed by atoms with E-state index in [1.807, 2.05) is 30.3 Å². The van der Waals surface area contributed by atoms with Gasteiger partial charge in [0.1, 0.15) is 35.5 Å². The van der Waals surface area contributed by atoms with Gasteiger partial charge in [-0.15, -0.1) is 4.09 Å². The van der Waals surface area contributed by atoms with Crippen LogP contribution in [0.15, 0.2) is 42.7 Å². The number of aromatic nitrogens is 2. The third-order valence-electron chi connectivity index (χ3n) is 2.60. The van der Waals surface area contributed by atoms with Crippen LogP contribution in [0.1, 0.15) is 6.92 Å². The van der Waals surface area contributed by atoms with Gasteiger partial charge in [0.15, 0.2) is 0 Å². The Bertz CT molecular complexity index is 773. The molecule has 1 heterocycles. The Kier molecular flexibility index (Phi) is 4.42. The first-order valence-corrected chi connectivity index (χ1v) is 8.23. The summed E-state index contributed by atoms with van der Waals surface area (Å²) in [6.45, 7) is 1.56. The molecule has 2 aromatic rings. The molecule has 0 atom stereocenters. The van der Waals surface area contributed by atoms with Gasteiger partial charge < -0.3 is 0 Å². The summed E-state index contributed by atoms with van der Waals surface area (Å²) >= 11 is 11.2. The van der Waals surface area contributed by atoms with Crippen LogP contribution in [0.5, 0.6) is 0 Å². The molecule has 1 aromatic carbocycles. The average molecular weight is 331 g/mol. The fourth-order valence-corrected chi connectivity index (χ4v) is 2.59. The maximum absolute atomic E-state index is 11.6. The highest BCUT2D eigenvalue weighted by atomic mass is 35.5. The number of rotatable bonds is 4. The van der Waals surface area contributed by atoms with Crippen LogP contribution in [0.25, 0.3) is 5.69 Å². The van der Waals surface area contributed by atoms with E-state index in [1.54, 1.807) is 17.7 Å². The maximum atomic E-state index is 11.6. The van der Waals surface area contributed by atoms with E-state index in [0.29, 0.717) is 10.5 Å². The number of hydrogen-bond donors (Lipinski definition) is 1. The monoisotopic (exact) mass is 330 g/mol. The highest BCUT2D eigenvalue weighted by Gasteiger charge is 2.15. The molecule has 0 saturated carbocycles. The largest absolute Gasteiger partial charge is 0.373 e. The summed E-state index contributed by atoms with van der Waals surface area (Å²) in [4.78, 5) is 0. The van der Waals surface area contributed by atoms with Crippen molar-refractivity contribution in [3.8, 4) is 5.69 Å². The van der Waals surface area contributed by atoms with Gasteiger partial charge in [-0.2, -0.15) is 4.57 Å². The summed E-state index contributed by atoms with van der Waals surface area (Å²) in [5.41, 5.74) is 1.14. The molecule has 0 unspecified atom stereocenters. The van der Waals surface area contributed by atoms with Crippen molar-refractivity contribution >= 4 is 39.7 Å². The second kappa shape index (κ2) is 5.90. The highest BCUT2D eigenvalue weighted by Crippen LogP contribution is 2.12. The van der Waals surface area contributed by atoms with E-state index >= 15 is 0 Å². The molecule has 0 spiro atoms. The number of para-hydroxylation sites is 1. The summed E-state index contributed by atoms with van der Waals surface area (Å²) in [6, 6.07) is 9.30. The van der Waals surface area contributed by atoms with Crippen molar-refractivity contribution in [3.05, 3.63) is 47.5 Å². The molecule has 5 nitrogen and oxygen atoms in total. The molecule has 0 amide bonds. The van der Waals surface area contributed by atoms with Crippen molar-refractivity contribution < 1.29 is 12.5 Å². The van der Waals surface area contributed by atoms with E-state index in [-0.39, 0.29) is 5.75 Å². The van der Waals surface area contributed by atoms with Crippen molar-refractivity contribution in [1.29, 1.82) is 0 Å². The van der Waals surface area contributed by atoms with Gasteiger partial charge in [0, 0.05) is 12.2 Å². The maximum Gasteiger partial charge on any atom is 0.373 e. The fourth-order valence-electron chi connectivity index (χ4n) is 1.59. The van der Waals surface area contributed by atoms with Gasteiger partial charge in [0.2, 0.25) is 10.0 Å². The molecule has 0 fully saturated rings. The lowest BCUT2D eigenvalue weighted by molar-refractivity contribution is -0.531. The predicted molar refractivity (Wildman–Crippen MR) is 81.1 cm³/mol. The van der Waals surface area contributed by atoms with Gasteiger partial charge in [0.25, 0.3) is 0 Å². The number of benzene rings is 1. The van der Waals surface area contributed by atoms with Gasteiger partial charge in [-0.05, 0) is 19.1 Å². The molecule has 0 bridgehead atoms. The molecule has 0 aliphatic heterocycles. The molecule has 0 saturated heterocycles. The molecule has 0 radical (unpaired) electrons. The van der Waals surface area contributed by atoms with E-state index < -0.39 is 10.0 Å². The molecule has 1 N–H and O–H groups in total. The van der Waals surface area contributed by atoms with Crippen molar-refractivity contribution in [1.82, 2.24) is 4.57 Å². The zero-order valence-corrected chi connectivity index (χ0v) is 13.0. The average Bonchev–Trinajstić information content (AvgIpc) is 2.43. The summed E-state index contributed by atoms with van der Waals surface area (Å²) < 4.78 is 28.8. The second-order valence-corrected chi connectivity index (χ2v) is 6.76. The van der Waals surface area contributed by atoms with Crippen molar-refractivity contribution in [2.24, 2.45) is 0 Å². The zero-order valence-electron chi connectivity index (χ0n) is 10.7. The topological polar surface area (TPSA) is 55.0 Å². The van der Waals surface area contributed by atoms with Crippen LogP contribution in [-0.4, -0.2) is 18.7 Å². The normalized spacial score (nSPS) is 11.3. The van der Waals surface area contributed by atoms with E-state index in [9.17, 15) is 8.42 Å². The second-order valence-electron chi connectivity index (χ2n) is 4.02. The molecule has 106 valence electrons. The molecule has 20 heavy (non-hydrogen) atoms. The number of nitrogens with one attached hydrogen (secondary N) is 1. The molecular weight excluding hydrogens is 318 g/mol. The van der Waals surface area contributed by atoms with Crippen molar-refractivity contribution in [2.45, 2.75) is 6.92 Å². The standard InChI is InChI=1S/C12H13ClN3O2S2/c1-2-20(17,18)14-10-8-15(12(19)16(13)9-10)11-6-4-3-5-7-11/h3-9,14H,2H2,1H3/q+1. The molecule has 2 rings (SSSR count). The van der Waals surface area contributed by atoms with Crippen LogP contribution < -0.4 is 8.81 Å². The van der Waals surface area contributed by atoms with Crippen LogP contribution in [0.4, 0.5) is 5.69 Å². The lowest BCUT2D eigenvalue weighted by atomic mass is 10.3. The van der Waals surface area contributed by atoms with Crippen LogP contribution in [-0.2, 0) is 10.0 Å². The van der Waals surface area contributed by atoms with Gasteiger partial charge in [-0.1, -0.05) is 18.2 Å². The van der Waals surface area contributed by atoms with E-state index in [4.69, 9.17) is 24.0 Å². The van der Waals surface area contributed by atoms with Gasteiger partial charge in [-0.3, -0.25) is 4.72 Å². The Morgan fingerprint density at radius 1 is 1.35 bits per heavy atom. The summed E-state index contributed by atoms with van der Waals surface area (Å²) in [5.74, 6) is -0.0176. The van der Waals surface area contributed by atoms with Crippen LogP contribution >= 0.6 is 24.0 Å². The Labute approximate surface area is 127 Å². The Hall–Kier alpha value is -1.44. The van der Waals surface area contributed by atoms with Gasteiger partial charge >= 0.3 is 4.77 Å². The molecular formula is C12H13ClN3O2S2+. The van der Waals surface area contributed by atoms with E-state index in [0.717, 1.165) is 5.69 Å². The SMILES string of the molecule is CCS(=O)(=O)Nc1cn(-c2ccccc2)c(=S)[n+](Cl)c1. The zero-order chi connectivity index (χ0) is 14.8. The number of sulfonamides is 1. The Morgan fingerprint density at radius 2 is 2.00 bits per heavy atom. The van der Waals surface area contributed by atoms with Crippen molar-refractivity contribution in [3.63, 3.8) is 0 Å². The Morgan fingerprint density at radius 3 is 2.60 bits per heavy atom. The minimum absolute atomic E-state index is 0.0176. The Balaban J connectivity index is 2.54. The first kappa shape index (κ1) is 15.0. The molecule has 1 aromatic heterocycles. The van der Waals surface area contributed by atoms with Gasteiger partial charge in [0.05, 0.1) is 5.75 Å². The number of anilines is 1. The molecule has 0 aliphatic carbocycles. The smallest absolute Gasteiger partial charge is 0.277 e. The third kappa shape index (κ3) is 3.36. The van der Waals surface area contributed by atoms with Crippen LogP contribution in [0.2, 0.25) is 0 Å². The van der Waals surface area contributed by atoms with Gasteiger partial charge in [-0.25, -0.2) is 8.42 Å². The first-order valence-electron chi connectivity index (χ1n) is 5.83. The summed E-state index contributed by atoms with van der Waals surface area (Å²) in [7, 11) is -3.37. The number of halogens is 1. The summed E-state index contributed by atoms with van der Waals surface area (Å²) in [6.07, 6.45) is 3.03. The lowest BCUT2D eigenvalue weighted by Gasteiger charge is -2.06. The van der Waals surface area contributed by atoms with Crippen LogP contribution in [0, 0.1) is 4.77 Å². The predicted octanol–water partition coefficient (Wildman–Crippen LogP) is 2.26. The number of hydrogen-bond acceptors (Lipinski definition) is 3. The minimum Gasteiger partial charge on any atom is -0.277 e. The lowest BCUT2D eigenvalue weighted by Crippen LogP contribution is -2.28. The number of nitrogens with zero attached hydrogens (tertiary/aromatic N) is 2. The van der Waals surface area contributed by atoms with Crippen molar-refractivity contribution in [2.75, 3.05) is 10.5 Å². The third-order valence-corrected chi connectivity index (χ3v) is 4.66. The van der Waals surface area contributed by atoms with E-state index in [1.165, 1.54) is 10.3 Å². The molecule has 0 aliphatic rings. The first-order chi connectivity index (χ1) is 9.43. The van der Waals surface area contributed by atoms with Crippen LogP contribution in [0.3, 0.4) is 0 Å². The highest BCUT2D eigenvalue weighted by molar-refractivity contribution is 7.92. The fraction of sp³-hybridized carbons (Fsp3) is 0.167. The minimum atomic E-state index is -3.37. The summed E-state index contributed by atoms with van der Waals surface area (Å²) in [5, 5.41) is 0. The molecule has 8 heteroatoms. The quantitative estimate of drug-likeness (QED) is 0.875.